The smallest absolute Gasteiger partial charge is 0.406 e. The molecule has 7 nitrogen and oxygen atoms in total. The molecule has 0 aliphatic carbocycles. The molecular formula is C18H17BrF3N3O4. The Hall–Kier alpha value is -2.37. The van der Waals surface area contributed by atoms with E-state index in [0.717, 1.165) is 16.1 Å². The van der Waals surface area contributed by atoms with E-state index in [2.05, 4.69) is 25.9 Å². The Labute approximate surface area is 172 Å². The Morgan fingerprint density at radius 2 is 1.93 bits per heavy atom. The van der Waals surface area contributed by atoms with Crippen LogP contribution in [0.3, 0.4) is 0 Å². The third kappa shape index (κ3) is 5.17. The van der Waals surface area contributed by atoms with Crippen molar-refractivity contribution in [2.24, 2.45) is 5.92 Å². The number of alkyl halides is 3. The van der Waals surface area contributed by atoms with Crippen LogP contribution in [0.5, 0.6) is 5.75 Å². The minimum absolute atomic E-state index is 0.125. The maximum atomic E-state index is 12.6. The number of β-amino-alcohol motifs (C(OH)–C–C–N with tert-alkyl or cyclic N) is 1. The predicted octanol–water partition coefficient (Wildman–Crippen LogP) is 2.73. The number of carbonyl (C=O) groups is 1. The van der Waals surface area contributed by atoms with E-state index in [1.165, 1.54) is 18.3 Å². The lowest BCUT2D eigenvalue weighted by molar-refractivity contribution is -0.274. The van der Waals surface area contributed by atoms with E-state index in [1.807, 2.05) is 4.90 Å². The first kappa shape index (κ1) is 21.3. The van der Waals surface area contributed by atoms with Crippen LogP contribution in [0.15, 0.2) is 42.6 Å². The number of halogens is 4. The second-order valence-electron chi connectivity index (χ2n) is 6.45. The quantitative estimate of drug-likeness (QED) is 0.646. The number of rotatable bonds is 5. The molecule has 1 aliphatic rings. The van der Waals surface area contributed by atoms with Gasteiger partial charge in [-0.05, 0) is 36.4 Å². The molecule has 2 heterocycles. The highest BCUT2D eigenvalue weighted by molar-refractivity contribution is 9.10. The molecule has 1 aliphatic heterocycles. The molecule has 0 spiro atoms. The number of carbonyl (C=O) groups excluding carboxylic acids is 1. The number of amides is 1. The monoisotopic (exact) mass is 475 g/mol. The summed E-state index contributed by atoms with van der Waals surface area (Å²) in [6, 6.07) is 7.98. The number of anilines is 2. The largest absolute Gasteiger partial charge is 0.573 e. The highest BCUT2D eigenvalue weighted by atomic mass is 79.9. The summed E-state index contributed by atoms with van der Waals surface area (Å²) in [6.07, 6.45) is -4.07. The van der Waals surface area contributed by atoms with E-state index in [9.17, 15) is 28.2 Å². The van der Waals surface area contributed by atoms with Gasteiger partial charge in [-0.2, -0.15) is 0 Å². The number of hydrogen-bond acceptors (Lipinski definition) is 6. The van der Waals surface area contributed by atoms with Crippen molar-refractivity contribution in [3.05, 3.63) is 48.2 Å². The van der Waals surface area contributed by atoms with Crippen LogP contribution in [-0.2, 0) is 0 Å². The Kier molecular flexibility index (Phi) is 6.30. The SMILES string of the molecule is O=C(c1ccc(N2C[C@H](CO)[C@@H](O)C2)nc1)N(Br)c1ccc(OC(F)(F)F)cc1. The lowest BCUT2D eigenvalue weighted by Crippen LogP contribution is -2.23. The molecule has 2 aromatic rings. The minimum atomic E-state index is -4.79. The van der Waals surface area contributed by atoms with E-state index in [0.29, 0.717) is 24.6 Å². The van der Waals surface area contributed by atoms with Gasteiger partial charge in [0.05, 0.1) is 40.1 Å². The highest BCUT2D eigenvalue weighted by Gasteiger charge is 2.32. The van der Waals surface area contributed by atoms with Crippen LogP contribution < -0.4 is 13.6 Å². The van der Waals surface area contributed by atoms with E-state index in [-0.39, 0.29) is 18.1 Å². The lowest BCUT2D eigenvalue weighted by Gasteiger charge is -2.18. The van der Waals surface area contributed by atoms with Gasteiger partial charge in [0.15, 0.2) is 0 Å². The zero-order chi connectivity index (χ0) is 21.2. The van der Waals surface area contributed by atoms with E-state index < -0.39 is 24.1 Å². The Balaban J connectivity index is 1.67. The molecule has 0 saturated carbocycles. The lowest BCUT2D eigenvalue weighted by atomic mass is 10.1. The molecule has 0 bridgehead atoms. The molecular weight excluding hydrogens is 459 g/mol. The Morgan fingerprint density at radius 3 is 2.45 bits per heavy atom. The summed E-state index contributed by atoms with van der Waals surface area (Å²) in [6.45, 7) is 0.664. The molecule has 29 heavy (non-hydrogen) atoms. The molecule has 2 atom stereocenters. The zero-order valence-electron chi connectivity index (χ0n) is 14.9. The molecule has 1 saturated heterocycles. The van der Waals surface area contributed by atoms with Crippen molar-refractivity contribution in [2.75, 3.05) is 28.5 Å². The van der Waals surface area contributed by atoms with Crippen molar-refractivity contribution in [3.8, 4) is 5.75 Å². The van der Waals surface area contributed by atoms with E-state index in [4.69, 9.17) is 0 Å². The fourth-order valence-corrected chi connectivity index (χ4v) is 3.37. The third-order valence-corrected chi connectivity index (χ3v) is 5.17. The maximum Gasteiger partial charge on any atom is 0.573 e. The van der Waals surface area contributed by atoms with Crippen molar-refractivity contribution >= 4 is 33.6 Å². The summed E-state index contributed by atoms with van der Waals surface area (Å²) < 4.78 is 41.6. The number of hydrogen-bond donors (Lipinski definition) is 2. The zero-order valence-corrected chi connectivity index (χ0v) is 16.5. The molecule has 0 radical (unpaired) electrons. The summed E-state index contributed by atoms with van der Waals surface area (Å²) >= 11 is 3.11. The van der Waals surface area contributed by atoms with Gasteiger partial charge >= 0.3 is 6.36 Å². The van der Waals surface area contributed by atoms with Gasteiger partial charge in [-0.25, -0.2) is 8.91 Å². The molecule has 1 aromatic carbocycles. The first-order chi connectivity index (χ1) is 13.7. The third-order valence-electron chi connectivity index (χ3n) is 4.44. The van der Waals surface area contributed by atoms with E-state index >= 15 is 0 Å². The highest BCUT2D eigenvalue weighted by Crippen LogP contribution is 2.28. The van der Waals surface area contributed by atoms with Gasteiger partial charge in [0.1, 0.15) is 11.6 Å². The summed E-state index contributed by atoms with van der Waals surface area (Å²) in [4.78, 5) is 18.6. The van der Waals surface area contributed by atoms with Crippen LogP contribution in [0, 0.1) is 5.92 Å². The van der Waals surface area contributed by atoms with Crippen LogP contribution >= 0.6 is 16.1 Å². The minimum Gasteiger partial charge on any atom is -0.406 e. The fraction of sp³-hybridized carbons (Fsp3) is 0.333. The van der Waals surface area contributed by atoms with Crippen LogP contribution in [-0.4, -0.2) is 53.3 Å². The fourth-order valence-electron chi connectivity index (χ4n) is 2.93. The summed E-state index contributed by atoms with van der Waals surface area (Å²) in [5, 5.41) is 19.1. The molecule has 2 N–H and O–H groups in total. The van der Waals surface area contributed by atoms with Crippen LogP contribution in [0.25, 0.3) is 0 Å². The number of pyridine rings is 1. The standard InChI is InChI=1S/C18H17BrF3N3O4/c19-25(13-2-4-14(5-3-13)29-18(20,21)22)17(28)11-1-6-16(23-7-11)24-8-12(10-26)15(27)9-24/h1-7,12,15,26-27H,8-10H2/t12-,15+/m1/s1. The normalized spacial score (nSPS) is 19.3. The molecule has 1 fully saturated rings. The van der Waals surface area contributed by atoms with Crippen molar-refractivity contribution in [2.45, 2.75) is 12.5 Å². The first-order valence-corrected chi connectivity index (χ1v) is 9.25. The molecule has 1 amide bonds. The molecule has 11 heteroatoms. The van der Waals surface area contributed by atoms with Crippen molar-refractivity contribution < 1.29 is 32.9 Å². The number of aliphatic hydroxyl groups excluding tert-OH is 2. The number of nitrogens with zero attached hydrogens (tertiary/aromatic N) is 3. The molecule has 1 aromatic heterocycles. The van der Waals surface area contributed by atoms with Gasteiger partial charge in [-0.15, -0.1) is 13.2 Å². The van der Waals surface area contributed by atoms with Crippen LogP contribution in [0.1, 0.15) is 10.4 Å². The van der Waals surface area contributed by atoms with Gasteiger partial charge in [0.25, 0.3) is 5.91 Å². The van der Waals surface area contributed by atoms with Crippen molar-refractivity contribution in [3.63, 3.8) is 0 Å². The van der Waals surface area contributed by atoms with Crippen LogP contribution in [0.2, 0.25) is 0 Å². The van der Waals surface area contributed by atoms with Gasteiger partial charge in [0.2, 0.25) is 0 Å². The summed E-state index contributed by atoms with van der Waals surface area (Å²) in [5.74, 6) is -0.551. The summed E-state index contributed by atoms with van der Waals surface area (Å²) in [5.41, 5.74) is 0.557. The average molecular weight is 476 g/mol. The number of aromatic nitrogens is 1. The number of aliphatic hydroxyl groups is 2. The molecule has 3 rings (SSSR count). The predicted molar refractivity (Wildman–Crippen MR) is 102 cm³/mol. The summed E-state index contributed by atoms with van der Waals surface area (Å²) in [7, 11) is 0. The molecule has 156 valence electrons. The second-order valence-corrected chi connectivity index (χ2v) is 7.16. The van der Waals surface area contributed by atoms with Gasteiger partial charge in [-0.1, -0.05) is 0 Å². The van der Waals surface area contributed by atoms with E-state index in [1.54, 1.807) is 12.1 Å². The average Bonchev–Trinajstić information content (AvgIpc) is 3.07. The second kappa shape index (κ2) is 8.56. The molecule has 0 unspecified atom stereocenters. The number of ether oxygens (including phenoxy) is 1. The Bertz CT molecular complexity index is 849. The first-order valence-electron chi connectivity index (χ1n) is 8.54. The van der Waals surface area contributed by atoms with Gasteiger partial charge in [0, 0.05) is 25.2 Å². The maximum absolute atomic E-state index is 12.6. The van der Waals surface area contributed by atoms with Gasteiger partial charge in [-0.3, -0.25) is 4.79 Å². The van der Waals surface area contributed by atoms with Crippen LogP contribution in [0.4, 0.5) is 24.7 Å². The van der Waals surface area contributed by atoms with Crippen molar-refractivity contribution in [1.29, 1.82) is 0 Å². The topological polar surface area (TPSA) is 86.1 Å². The Morgan fingerprint density at radius 1 is 1.24 bits per heavy atom. The van der Waals surface area contributed by atoms with Gasteiger partial charge < -0.3 is 19.8 Å². The van der Waals surface area contributed by atoms with Crippen molar-refractivity contribution in [1.82, 2.24) is 4.98 Å². The number of benzene rings is 1.